The minimum atomic E-state index is -1.02. The van der Waals surface area contributed by atoms with Gasteiger partial charge in [0.1, 0.15) is 6.04 Å². The number of aliphatic carboxylic acids is 1. The van der Waals surface area contributed by atoms with E-state index < -0.39 is 12.0 Å². The molecule has 2 N–H and O–H groups in total. The van der Waals surface area contributed by atoms with Crippen molar-refractivity contribution >= 4 is 35.2 Å². The molecule has 1 unspecified atom stereocenters. The van der Waals surface area contributed by atoms with Crippen molar-refractivity contribution in [3.8, 4) is 0 Å². The summed E-state index contributed by atoms with van der Waals surface area (Å²) in [5.74, 6) is -0.751. The topological polar surface area (TPSA) is 66.4 Å². The van der Waals surface area contributed by atoms with Crippen LogP contribution in [0.1, 0.15) is 19.3 Å². The number of thioether (sulfide) groups is 1. The first-order valence-electron chi connectivity index (χ1n) is 6.55. The molecule has 0 aliphatic rings. The van der Waals surface area contributed by atoms with E-state index >= 15 is 0 Å². The number of benzene rings is 1. The fourth-order valence-corrected chi connectivity index (χ4v) is 2.81. The minimum Gasteiger partial charge on any atom is -0.480 e. The van der Waals surface area contributed by atoms with E-state index in [1.54, 1.807) is 12.1 Å². The van der Waals surface area contributed by atoms with Gasteiger partial charge in [0, 0.05) is 17.1 Å². The molecule has 1 aromatic carbocycles. The van der Waals surface area contributed by atoms with Crippen LogP contribution in [0.25, 0.3) is 0 Å². The molecule has 0 saturated heterocycles. The van der Waals surface area contributed by atoms with Gasteiger partial charge in [-0.25, -0.2) is 4.79 Å². The molecule has 0 radical (unpaired) electrons. The highest BCUT2D eigenvalue weighted by molar-refractivity contribution is 7.99. The van der Waals surface area contributed by atoms with E-state index in [1.807, 2.05) is 18.2 Å². The van der Waals surface area contributed by atoms with E-state index in [0.717, 1.165) is 4.90 Å². The van der Waals surface area contributed by atoms with Crippen LogP contribution in [0, 0.1) is 0 Å². The van der Waals surface area contributed by atoms with Crippen LogP contribution in [0.4, 0.5) is 0 Å². The third-order valence-electron chi connectivity index (χ3n) is 2.72. The zero-order valence-corrected chi connectivity index (χ0v) is 13.1. The Balaban J connectivity index is 2.37. The monoisotopic (exact) mass is 327 g/mol. The lowest BCUT2D eigenvalue weighted by atomic mass is 10.1. The first kappa shape index (κ1) is 17.6. The number of rotatable bonds is 9. The third-order valence-corrected chi connectivity index (χ3v) is 4.23. The Labute approximate surface area is 133 Å². The number of halogens is 1. The predicted octanol–water partition coefficient (Wildman–Crippen LogP) is 3.36. The number of carbonyl (C=O) groups is 2. The molecule has 1 rings (SSSR count). The molecule has 114 valence electrons. The number of amides is 1. The second-order valence-corrected chi connectivity index (χ2v) is 5.90. The number of carboxylic acids is 1. The van der Waals surface area contributed by atoms with Crippen molar-refractivity contribution in [3.63, 3.8) is 0 Å². The number of carboxylic acid groups (broad SMARTS) is 1. The van der Waals surface area contributed by atoms with E-state index in [1.165, 1.54) is 11.8 Å². The van der Waals surface area contributed by atoms with Gasteiger partial charge in [0.15, 0.2) is 0 Å². The van der Waals surface area contributed by atoms with Crippen molar-refractivity contribution in [3.05, 3.63) is 41.9 Å². The second-order valence-electron chi connectivity index (χ2n) is 4.35. The van der Waals surface area contributed by atoms with Crippen LogP contribution in [-0.4, -0.2) is 28.8 Å². The number of nitrogens with one attached hydrogen (secondary N) is 1. The van der Waals surface area contributed by atoms with Gasteiger partial charge >= 0.3 is 5.97 Å². The lowest BCUT2D eigenvalue weighted by Crippen LogP contribution is -2.40. The van der Waals surface area contributed by atoms with Gasteiger partial charge in [-0.1, -0.05) is 29.8 Å². The quantitative estimate of drug-likeness (QED) is 0.539. The van der Waals surface area contributed by atoms with Gasteiger partial charge in [0.25, 0.3) is 0 Å². The van der Waals surface area contributed by atoms with Crippen LogP contribution in [0.15, 0.2) is 41.8 Å². The summed E-state index contributed by atoms with van der Waals surface area (Å²) < 4.78 is 0. The highest BCUT2D eigenvalue weighted by Crippen LogP contribution is 2.26. The molecule has 0 aromatic heterocycles. The second kappa shape index (κ2) is 9.47. The lowest BCUT2D eigenvalue weighted by Gasteiger charge is -2.13. The molecule has 0 aliphatic heterocycles. The minimum absolute atomic E-state index is 0.244. The maximum Gasteiger partial charge on any atom is 0.326 e. The predicted molar refractivity (Wildman–Crippen MR) is 85.8 cm³/mol. The number of hydrogen-bond donors (Lipinski definition) is 2. The Morgan fingerprint density at radius 1 is 1.43 bits per heavy atom. The van der Waals surface area contributed by atoms with Gasteiger partial charge in [0.05, 0.1) is 5.02 Å². The average Bonchev–Trinajstić information content (AvgIpc) is 2.45. The molecule has 0 bridgehead atoms. The SMILES string of the molecule is C=CCCC(NC(=O)CCSc1ccccc1Cl)C(=O)O. The van der Waals surface area contributed by atoms with Crippen LogP contribution in [0.3, 0.4) is 0 Å². The molecule has 21 heavy (non-hydrogen) atoms. The molecule has 4 nitrogen and oxygen atoms in total. The maximum absolute atomic E-state index is 11.7. The van der Waals surface area contributed by atoms with Crippen LogP contribution >= 0.6 is 23.4 Å². The van der Waals surface area contributed by atoms with Crippen molar-refractivity contribution < 1.29 is 14.7 Å². The fraction of sp³-hybridized carbons (Fsp3) is 0.333. The Bertz CT molecular complexity index is 507. The first-order valence-corrected chi connectivity index (χ1v) is 7.91. The van der Waals surface area contributed by atoms with Gasteiger partial charge in [-0.3, -0.25) is 4.79 Å². The number of allylic oxidation sites excluding steroid dienone is 1. The van der Waals surface area contributed by atoms with Gasteiger partial charge in [-0.05, 0) is 25.0 Å². The van der Waals surface area contributed by atoms with E-state index in [9.17, 15) is 9.59 Å². The van der Waals surface area contributed by atoms with Gasteiger partial charge in [-0.15, -0.1) is 18.3 Å². The average molecular weight is 328 g/mol. The third kappa shape index (κ3) is 6.69. The normalized spacial score (nSPS) is 11.7. The summed E-state index contributed by atoms with van der Waals surface area (Å²) in [5.41, 5.74) is 0. The van der Waals surface area contributed by atoms with E-state index in [4.69, 9.17) is 16.7 Å². The Morgan fingerprint density at radius 3 is 2.76 bits per heavy atom. The molecule has 6 heteroatoms. The first-order chi connectivity index (χ1) is 10.0. The summed E-state index contributed by atoms with van der Waals surface area (Å²) in [7, 11) is 0. The molecule has 0 saturated carbocycles. The van der Waals surface area contributed by atoms with E-state index in [-0.39, 0.29) is 12.3 Å². The van der Waals surface area contributed by atoms with Crippen molar-refractivity contribution in [2.24, 2.45) is 0 Å². The van der Waals surface area contributed by atoms with Crippen LogP contribution in [0.5, 0.6) is 0 Å². The smallest absolute Gasteiger partial charge is 0.326 e. The highest BCUT2D eigenvalue weighted by atomic mass is 35.5. The largest absolute Gasteiger partial charge is 0.480 e. The summed E-state index contributed by atoms with van der Waals surface area (Å²) in [4.78, 5) is 23.7. The van der Waals surface area contributed by atoms with Crippen LogP contribution < -0.4 is 5.32 Å². The fourth-order valence-electron chi connectivity index (χ4n) is 1.62. The van der Waals surface area contributed by atoms with Crippen molar-refractivity contribution in [2.75, 3.05) is 5.75 Å². The highest BCUT2D eigenvalue weighted by Gasteiger charge is 2.18. The van der Waals surface area contributed by atoms with E-state index in [2.05, 4.69) is 11.9 Å². The summed E-state index contributed by atoms with van der Waals surface area (Å²) >= 11 is 7.49. The molecule has 0 fully saturated rings. The van der Waals surface area contributed by atoms with Gasteiger partial charge in [0.2, 0.25) is 5.91 Å². The molecule has 0 spiro atoms. The molecule has 1 atom stereocenters. The summed E-state index contributed by atoms with van der Waals surface area (Å²) in [6.07, 6.45) is 2.77. The van der Waals surface area contributed by atoms with Crippen molar-refractivity contribution in [2.45, 2.75) is 30.2 Å². The van der Waals surface area contributed by atoms with Crippen LogP contribution in [0.2, 0.25) is 5.02 Å². The number of carbonyl (C=O) groups excluding carboxylic acids is 1. The van der Waals surface area contributed by atoms with Gasteiger partial charge < -0.3 is 10.4 Å². The molecule has 0 heterocycles. The zero-order valence-electron chi connectivity index (χ0n) is 11.5. The molecule has 1 aromatic rings. The van der Waals surface area contributed by atoms with Gasteiger partial charge in [-0.2, -0.15) is 0 Å². The molecular formula is C15H18ClNO3S. The Hall–Kier alpha value is -1.46. The maximum atomic E-state index is 11.7. The molecular weight excluding hydrogens is 310 g/mol. The zero-order chi connectivity index (χ0) is 15.7. The van der Waals surface area contributed by atoms with Crippen molar-refractivity contribution in [1.29, 1.82) is 0 Å². The van der Waals surface area contributed by atoms with Crippen LogP contribution in [-0.2, 0) is 9.59 Å². The summed E-state index contributed by atoms with van der Waals surface area (Å²) in [6, 6.07) is 6.54. The summed E-state index contributed by atoms with van der Waals surface area (Å²) in [5, 5.41) is 12.2. The standard InChI is InChI=1S/C15H18ClNO3S/c1-2-3-7-12(15(19)20)17-14(18)9-10-21-13-8-5-4-6-11(13)16/h2,4-6,8,12H,1,3,7,9-10H2,(H,17,18)(H,19,20). The summed E-state index contributed by atoms with van der Waals surface area (Å²) in [6.45, 7) is 3.54. The van der Waals surface area contributed by atoms with Crippen molar-refractivity contribution in [1.82, 2.24) is 5.32 Å². The van der Waals surface area contributed by atoms with E-state index in [0.29, 0.717) is 23.6 Å². The Morgan fingerprint density at radius 2 is 2.14 bits per heavy atom. The molecule has 1 amide bonds. The molecule has 0 aliphatic carbocycles. The number of hydrogen-bond acceptors (Lipinski definition) is 3. The Kier molecular flexibility index (Phi) is 7.93. The lowest BCUT2D eigenvalue weighted by molar-refractivity contribution is -0.141.